The van der Waals surface area contributed by atoms with E-state index in [4.69, 9.17) is 38.2 Å². The summed E-state index contributed by atoms with van der Waals surface area (Å²) in [5.74, 6) is 0.435. The van der Waals surface area contributed by atoms with Crippen LogP contribution < -0.4 is 5.73 Å². The third-order valence-corrected chi connectivity index (χ3v) is 4.20. The fraction of sp³-hybridized carbons (Fsp3) is 0.429. The van der Waals surface area contributed by atoms with Crippen molar-refractivity contribution in [2.45, 2.75) is 19.2 Å². The molecular weight excluding hydrogens is 382 g/mol. The highest BCUT2D eigenvalue weighted by Gasteiger charge is 2.26. The van der Waals surface area contributed by atoms with Gasteiger partial charge in [0.25, 0.3) is 0 Å². The first-order valence-electron chi connectivity index (χ1n) is 7.06. The summed E-state index contributed by atoms with van der Waals surface area (Å²) in [5, 5.41) is 4.25. The van der Waals surface area contributed by atoms with Gasteiger partial charge in [-0.25, -0.2) is 4.39 Å². The molecule has 0 amide bonds. The number of nitrogens with two attached hydrogens (primary N) is 1. The maximum Gasteiger partial charge on any atom is 0.240 e. The Hall–Kier alpha value is -0.960. The second-order valence-corrected chi connectivity index (χ2v) is 6.01. The molecule has 0 aliphatic carbocycles. The van der Waals surface area contributed by atoms with Crippen LogP contribution in [-0.4, -0.2) is 34.7 Å². The largest absolute Gasteiger partial charge is 0.371 e. The molecule has 0 bridgehead atoms. The Bertz CT molecular complexity index is 701. The van der Waals surface area contributed by atoms with E-state index >= 15 is 0 Å². The summed E-state index contributed by atoms with van der Waals surface area (Å²) >= 11 is 11.9. The van der Waals surface area contributed by atoms with Gasteiger partial charge in [-0.15, -0.1) is 12.4 Å². The lowest BCUT2D eigenvalue weighted by Crippen LogP contribution is -2.38. The Morgan fingerprint density at radius 2 is 2.12 bits per heavy atom. The lowest BCUT2D eigenvalue weighted by molar-refractivity contribution is -0.0339. The summed E-state index contributed by atoms with van der Waals surface area (Å²) < 4.78 is 24.4. The number of aromatic nitrogens is 2. The summed E-state index contributed by atoms with van der Waals surface area (Å²) in [6, 6.07) is 2.71. The van der Waals surface area contributed by atoms with Crippen molar-refractivity contribution in [3.05, 3.63) is 45.3 Å². The lowest BCUT2D eigenvalue weighted by atomic mass is 10.1. The number of rotatable bonds is 4. The Morgan fingerprint density at radius 3 is 2.83 bits per heavy atom. The SMILES string of the molecule is Cl.NCc1nc(CN2CCOC(c3cc(F)c(Cl)cc3Cl)C2)no1. The first-order chi connectivity index (χ1) is 11.1. The molecular formula is C14H16Cl3FN4O2. The van der Waals surface area contributed by atoms with Crippen molar-refractivity contribution < 1.29 is 13.7 Å². The molecule has 1 aliphatic heterocycles. The molecule has 1 aromatic heterocycles. The summed E-state index contributed by atoms with van der Waals surface area (Å²) in [6.45, 7) is 2.44. The van der Waals surface area contributed by atoms with Crippen molar-refractivity contribution in [3.8, 4) is 0 Å². The fourth-order valence-electron chi connectivity index (χ4n) is 2.46. The van der Waals surface area contributed by atoms with Crippen molar-refractivity contribution in [3.63, 3.8) is 0 Å². The summed E-state index contributed by atoms with van der Waals surface area (Å²) in [7, 11) is 0. The van der Waals surface area contributed by atoms with Crippen LogP contribution >= 0.6 is 35.6 Å². The van der Waals surface area contributed by atoms with Gasteiger partial charge in [-0.2, -0.15) is 4.98 Å². The summed E-state index contributed by atoms with van der Waals surface area (Å²) in [4.78, 5) is 6.26. The van der Waals surface area contributed by atoms with Gasteiger partial charge in [0.05, 0.1) is 30.8 Å². The van der Waals surface area contributed by atoms with Gasteiger partial charge in [-0.3, -0.25) is 4.90 Å². The van der Waals surface area contributed by atoms with Crippen LogP contribution in [0.1, 0.15) is 23.4 Å². The molecule has 1 unspecified atom stereocenters. The molecule has 0 saturated carbocycles. The Balaban J connectivity index is 0.00000208. The highest BCUT2D eigenvalue weighted by atomic mass is 35.5. The molecule has 132 valence electrons. The average Bonchev–Trinajstić information content (AvgIpc) is 2.99. The van der Waals surface area contributed by atoms with E-state index in [2.05, 4.69) is 15.0 Å². The van der Waals surface area contributed by atoms with Crippen molar-refractivity contribution >= 4 is 35.6 Å². The first kappa shape index (κ1) is 19.4. The molecule has 1 aliphatic rings. The van der Waals surface area contributed by atoms with E-state index in [1.807, 2.05) is 0 Å². The van der Waals surface area contributed by atoms with E-state index in [9.17, 15) is 4.39 Å². The van der Waals surface area contributed by atoms with Gasteiger partial charge in [0.15, 0.2) is 5.82 Å². The van der Waals surface area contributed by atoms with E-state index in [0.29, 0.717) is 48.5 Å². The Morgan fingerprint density at radius 1 is 1.33 bits per heavy atom. The molecule has 1 fully saturated rings. The predicted octanol–water partition coefficient (Wildman–Crippen LogP) is 2.97. The molecule has 2 aromatic rings. The van der Waals surface area contributed by atoms with E-state index in [-0.39, 0.29) is 30.1 Å². The molecule has 1 atom stereocenters. The molecule has 10 heteroatoms. The number of benzene rings is 1. The number of morpholine rings is 1. The Labute approximate surface area is 154 Å². The van der Waals surface area contributed by atoms with Gasteiger partial charge in [-0.05, 0) is 12.1 Å². The smallest absolute Gasteiger partial charge is 0.240 e. The topological polar surface area (TPSA) is 77.4 Å². The molecule has 1 saturated heterocycles. The van der Waals surface area contributed by atoms with Crippen LogP contribution in [0.25, 0.3) is 0 Å². The summed E-state index contributed by atoms with van der Waals surface area (Å²) in [5.41, 5.74) is 6.02. The standard InChI is InChI=1S/C14H15Cl2FN4O2.ClH/c15-9-4-10(16)11(17)3-8(9)12-6-21(1-2-22-12)7-13-19-14(5-18)23-20-13;/h3-4,12H,1-2,5-7,18H2;1H. The lowest BCUT2D eigenvalue weighted by Gasteiger charge is -2.32. The van der Waals surface area contributed by atoms with Gasteiger partial charge in [0.2, 0.25) is 5.89 Å². The summed E-state index contributed by atoms with van der Waals surface area (Å²) in [6.07, 6.45) is -0.344. The van der Waals surface area contributed by atoms with Gasteiger partial charge in [0, 0.05) is 23.7 Å². The van der Waals surface area contributed by atoms with Gasteiger partial charge >= 0.3 is 0 Å². The van der Waals surface area contributed by atoms with Gasteiger partial charge in [-0.1, -0.05) is 28.4 Å². The number of ether oxygens (including phenoxy) is 1. The number of halogens is 4. The molecule has 2 N–H and O–H groups in total. The van der Waals surface area contributed by atoms with Crippen LogP contribution in [0.5, 0.6) is 0 Å². The van der Waals surface area contributed by atoms with Crippen LogP contribution in [0.4, 0.5) is 4.39 Å². The minimum Gasteiger partial charge on any atom is -0.371 e. The number of hydrogen-bond acceptors (Lipinski definition) is 6. The molecule has 0 radical (unpaired) electrons. The fourth-order valence-corrected chi connectivity index (χ4v) is 2.96. The number of hydrogen-bond donors (Lipinski definition) is 1. The zero-order valence-electron chi connectivity index (χ0n) is 12.5. The third-order valence-electron chi connectivity index (χ3n) is 3.59. The van der Waals surface area contributed by atoms with E-state index < -0.39 is 5.82 Å². The van der Waals surface area contributed by atoms with Crippen LogP contribution in [0.15, 0.2) is 16.7 Å². The maximum atomic E-state index is 13.7. The van der Waals surface area contributed by atoms with Crippen LogP contribution in [0.3, 0.4) is 0 Å². The molecule has 0 spiro atoms. The van der Waals surface area contributed by atoms with Gasteiger partial charge in [0.1, 0.15) is 5.82 Å². The van der Waals surface area contributed by atoms with E-state index in [1.54, 1.807) is 0 Å². The monoisotopic (exact) mass is 396 g/mol. The molecule has 3 rings (SSSR count). The molecule has 6 nitrogen and oxygen atoms in total. The molecule has 24 heavy (non-hydrogen) atoms. The minimum absolute atomic E-state index is 0. The third kappa shape index (κ3) is 4.36. The highest BCUT2D eigenvalue weighted by molar-refractivity contribution is 6.35. The maximum absolute atomic E-state index is 13.7. The second kappa shape index (κ2) is 8.42. The van der Waals surface area contributed by atoms with Gasteiger partial charge < -0.3 is 15.0 Å². The highest BCUT2D eigenvalue weighted by Crippen LogP contribution is 2.32. The quantitative estimate of drug-likeness (QED) is 0.799. The molecule has 1 aromatic carbocycles. The van der Waals surface area contributed by atoms with Crippen LogP contribution in [0, 0.1) is 5.82 Å². The van der Waals surface area contributed by atoms with Crippen molar-refractivity contribution in [1.82, 2.24) is 15.0 Å². The van der Waals surface area contributed by atoms with Crippen molar-refractivity contribution in [2.24, 2.45) is 5.73 Å². The minimum atomic E-state index is -0.516. The van der Waals surface area contributed by atoms with Crippen LogP contribution in [0.2, 0.25) is 10.0 Å². The zero-order chi connectivity index (χ0) is 16.4. The average molecular weight is 398 g/mol. The Kier molecular flexibility index (Phi) is 6.79. The molecule has 2 heterocycles. The van der Waals surface area contributed by atoms with Crippen molar-refractivity contribution in [1.29, 1.82) is 0 Å². The second-order valence-electron chi connectivity index (χ2n) is 5.19. The zero-order valence-corrected chi connectivity index (χ0v) is 14.9. The first-order valence-corrected chi connectivity index (χ1v) is 7.82. The van der Waals surface area contributed by atoms with Crippen molar-refractivity contribution in [2.75, 3.05) is 19.7 Å². The number of nitrogens with zero attached hydrogens (tertiary/aromatic N) is 3. The van der Waals surface area contributed by atoms with Crippen LogP contribution in [-0.2, 0) is 17.8 Å². The van der Waals surface area contributed by atoms with E-state index in [1.165, 1.54) is 12.1 Å². The van der Waals surface area contributed by atoms with E-state index in [0.717, 1.165) is 0 Å². The normalized spacial score (nSPS) is 18.4. The predicted molar refractivity (Wildman–Crippen MR) is 89.8 cm³/mol.